The minimum absolute atomic E-state index is 0.0310. The van der Waals surface area contributed by atoms with Gasteiger partial charge in [-0.05, 0) is 41.8 Å². The van der Waals surface area contributed by atoms with E-state index in [1.165, 1.54) is 0 Å². The summed E-state index contributed by atoms with van der Waals surface area (Å²) in [5, 5.41) is 12.1. The van der Waals surface area contributed by atoms with E-state index in [9.17, 15) is 9.59 Å². The Labute approximate surface area is 167 Å². The van der Waals surface area contributed by atoms with Gasteiger partial charge in [-0.3, -0.25) is 14.2 Å². The summed E-state index contributed by atoms with van der Waals surface area (Å²) >= 11 is 0. The molecule has 3 aromatic rings. The van der Waals surface area contributed by atoms with Crippen LogP contribution in [-0.4, -0.2) is 35.7 Å². The summed E-state index contributed by atoms with van der Waals surface area (Å²) in [5.41, 5.74) is 0.629. The lowest BCUT2D eigenvalue weighted by atomic mass is 10.2. The second-order valence-electron chi connectivity index (χ2n) is 7.28. The fraction of sp³-hybridized carbons (Fsp3) is 0.500. The van der Waals surface area contributed by atoms with E-state index in [1.807, 2.05) is 18.2 Å². The molecule has 0 N–H and O–H groups in total. The number of ether oxygens (including phenoxy) is 1. The highest BCUT2D eigenvalue weighted by Crippen LogP contribution is 2.34. The maximum Gasteiger partial charge on any atom is 0.306 e. The number of aryl methyl sites for hydroxylation is 2. The van der Waals surface area contributed by atoms with Gasteiger partial charge in [-0.2, -0.15) is 0 Å². The first-order valence-electron chi connectivity index (χ1n) is 10.1. The number of tetrazole rings is 1. The minimum Gasteiger partial charge on any atom is -0.457 e. The van der Waals surface area contributed by atoms with Gasteiger partial charge < -0.3 is 4.74 Å². The molecule has 1 aromatic carbocycles. The number of esters is 1. The number of fused-ring (bicyclic) bond motifs is 1. The van der Waals surface area contributed by atoms with Crippen molar-refractivity contribution in [1.29, 1.82) is 0 Å². The van der Waals surface area contributed by atoms with Gasteiger partial charge in [0.25, 0.3) is 5.56 Å². The summed E-state index contributed by atoms with van der Waals surface area (Å²) in [4.78, 5) is 29.8. The van der Waals surface area contributed by atoms with Crippen LogP contribution in [0.25, 0.3) is 10.9 Å². The Morgan fingerprint density at radius 2 is 2.07 bits per heavy atom. The number of carbonyl (C=O) groups excluding carboxylic acids is 1. The number of para-hydroxylation sites is 1. The van der Waals surface area contributed by atoms with E-state index in [4.69, 9.17) is 4.74 Å². The van der Waals surface area contributed by atoms with E-state index in [2.05, 4.69) is 27.4 Å². The molecule has 0 aliphatic heterocycles. The van der Waals surface area contributed by atoms with Crippen LogP contribution in [-0.2, 0) is 29.1 Å². The van der Waals surface area contributed by atoms with Crippen LogP contribution in [0.4, 0.5) is 0 Å². The van der Waals surface area contributed by atoms with Crippen LogP contribution < -0.4 is 5.56 Å². The molecule has 4 rings (SSSR count). The molecule has 1 aliphatic carbocycles. The van der Waals surface area contributed by atoms with Crippen LogP contribution >= 0.6 is 0 Å². The molecule has 0 saturated heterocycles. The first kappa shape index (κ1) is 19.2. The van der Waals surface area contributed by atoms with E-state index >= 15 is 0 Å². The molecule has 2 heterocycles. The second-order valence-corrected chi connectivity index (χ2v) is 7.28. The Bertz CT molecular complexity index is 1070. The Hall–Kier alpha value is -3.10. The Kier molecular flexibility index (Phi) is 5.64. The van der Waals surface area contributed by atoms with Crippen molar-refractivity contribution < 1.29 is 9.53 Å². The van der Waals surface area contributed by atoms with Crippen molar-refractivity contribution in [2.24, 2.45) is 0 Å². The molecule has 1 fully saturated rings. The molecule has 1 saturated carbocycles. The third-order valence-corrected chi connectivity index (χ3v) is 5.04. The summed E-state index contributed by atoms with van der Waals surface area (Å²) in [6.07, 6.45) is 4.43. The van der Waals surface area contributed by atoms with E-state index < -0.39 is 0 Å². The SMILES string of the molecule is CCCCn1nnnc1COC(=O)CCc1nc2ccccc2c(=O)n1C1CC1. The lowest BCUT2D eigenvalue weighted by Crippen LogP contribution is -2.25. The summed E-state index contributed by atoms with van der Waals surface area (Å²) in [5.74, 6) is 0.811. The highest BCUT2D eigenvalue weighted by atomic mass is 16.5. The van der Waals surface area contributed by atoms with Crippen LogP contribution in [0.3, 0.4) is 0 Å². The van der Waals surface area contributed by atoms with Crippen LogP contribution in [0.1, 0.15) is 56.7 Å². The number of benzene rings is 1. The van der Waals surface area contributed by atoms with Gasteiger partial charge in [0, 0.05) is 19.0 Å². The smallest absolute Gasteiger partial charge is 0.306 e. The summed E-state index contributed by atoms with van der Waals surface area (Å²) < 4.78 is 8.76. The number of unbranched alkanes of at least 4 members (excludes halogenated alkanes) is 1. The van der Waals surface area contributed by atoms with E-state index in [1.54, 1.807) is 15.3 Å². The van der Waals surface area contributed by atoms with Crippen LogP contribution in [0.2, 0.25) is 0 Å². The molecule has 0 radical (unpaired) electrons. The zero-order valence-corrected chi connectivity index (χ0v) is 16.5. The molecule has 0 amide bonds. The van der Waals surface area contributed by atoms with Crippen molar-refractivity contribution in [3.63, 3.8) is 0 Å². The van der Waals surface area contributed by atoms with Crippen molar-refractivity contribution in [3.05, 3.63) is 46.3 Å². The van der Waals surface area contributed by atoms with Gasteiger partial charge >= 0.3 is 5.97 Å². The molecule has 9 heteroatoms. The topological polar surface area (TPSA) is 105 Å². The molecule has 0 bridgehead atoms. The standard InChI is InChI=1S/C20H24N6O3/c1-2-3-12-25-18(22-23-24-25)13-29-19(27)11-10-17-21-16-7-5-4-6-15(16)20(28)26(17)14-8-9-14/h4-7,14H,2-3,8-13H2,1H3. The zero-order valence-electron chi connectivity index (χ0n) is 16.5. The van der Waals surface area contributed by atoms with Crippen molar-refractivity contribution in [3.8, 4) is 0 Å². The Morgan fingerprint density at radius 3 is 2.86 bits per heavy atom. The molecule has 29 heavy (non-hydrogen) atoms. The molecule has 0 atom stereocenters. The zero-order chi connectivity index (χ0) is 20.2. The van der Waals surface area contributed by atoms with Crippen molar-refractivity contribution in [1.82, 2.24) is 29.8 Å². The largest absolute Gasteiger partial charge is 0.457 e. The second kappa shape index (κ2) is 8.50. The average molecular weight is 396 g/mol. The van der Waals surface area contributed by atoms with Gasteiger partial charge in [-0.1, -0.05) is 25.5 Å². The molecule has 152 valence electrons. The third kappa shape index (κ3) is 4.33. The molecular formula is C20H24N6O3. The fourth-order valence-corrected chi connectivity index (χ4v) is 3.32. The number of rotatable bonds is 9. The molecule has 2 aromatic heterocycles. The van der Waals surface area contributed by atoms with Gasteiger partial charge in [0.1, 0.15) is 5.82 Å². The average Bonchev–Trinajstić information content (AvgIpc) is 3.47. The van der Waals surface area contributed by atoms with E-state index in [0.717, 1.165) is 25.7 Å². The molecule has 0 unspecified atom stereocenters. The molecule has 0 spiro atoms. The maximum atomic E-state index is 12.9. The van der Waals surface area contributed by atoms with Crippen LogP contribution in [0.5, 0.6) is 0 Å². The quantitative estimate of drug-likeness (QED) is 0.511. The number of carbonyl (C=O) groups is 1. The predicted octanol–water partition coefficient (Wildman–Crippen LogP) is 2.19. The van der Waals surface area contributed by atoms with E-state index in [0.29, 0.717) is 35.5 Å². The normalized spacial score (nSPS) is 13.7. The van der Waals surface area contributed by atoms with Crippen LogP contribution in [0.15, 0.2) is 29.1 Å². The summed E-state index contributed by atoms with van der Waals surface area (Å²) in [7, 11) is 0. The fourth-order valence-electron chi connectivity index (χ4n) is 3.32. The van der Waals surface area contributed by atoms with Gasteiger partial charge in [-0.25, -0.2) is 9.67 Å². The van der Waals surface area contributed by atoms with Gasteiger partial charge in [0.05, 0.1) is 17.3 Å². The molecule has 9 nitrogen and oxygen atoms in total. The van der Waals surface area contributed by atoms with Crippen LogP contribution in [0, 0.1) is 0 Å². The van der Waals surface area contributed by atoms with Crippen molar-refractivity contribution >= 4 is 16.9 Å². The number of nitrogens with zero attached hydrogens (tertiary/aromatic N) is 6. The summed E-state index contributed by atoms with van der Waals surface area (Å²) in [6, 6.07) is 7.51. The lowest BCUT2D eigenvalue weighted by molar-refractivity contribution is -0.145. The van der Waals surface area contributed by atoms with Crippen molar-refractivity contribution in [2.45, 2.75) is 64.6 Å². The van der Waals surface area contributed by atoms with Gasteiger partial charge in [-0.15, -0.1) is 5.10 Å². The number of aromatic nitrogens is 6. The highest BCUT2D eigenvalue weighted by molar-refractivity contribution is 5.77. The van der Waals surface area contributed by atoms with Gasteiger partial charge in [0.15, 0.2) is 12.4 Å². The lowest BCUT2D eigenvalue weighted by Gasteiger charge is -2.12. The first-order valence-corrected chi connectivity index (χ1v) is 10.1. The Balaban J connectivity index is 1.42. The highest BCUT2D eigenvalue weighted by Gasteiger charge is 2.28. The molecule has 1 aliphatic rings. The number of hydrogen-bond donors (Lipinski definition) is 0. The monoisotopic (exact) mass is 396 g/mol. The maximum absolute atomic E-state index is 12.9. The molecular weight excluding hydrogens is 372 g/mol. The minimum atomic E-state index is -0.361. The summed E-state index contributed by atoms with van der Waals surface area (Å²) in [6.45, 7) is 2.83. The van der Waals surface area contributed by atoms with E-state index in [-0.39, 0.29) is 30.6 Å². The van der Waals surface area contributed by atoms with Gasteiger partial charge in [0.2, 0.25) is 0 Å². The Morgan fingerprint density at radius 1 is 1.24 bits per heavy atom. The predicted molar refractivity (Wildman–Crippen MR) is 105 cm³/mol. The number of hydrogen-bond acceptors (Lipinski definition) is 7. The third-order valence-electron chi connectivity index (χ3n) is 5.04. The van der Waals surface area contributed by atoms with Crippen molar-refractivity contribution in [2.75, 3.05) is 0 Å². The first-order chi connectivity index (χ1) is 14.2.